The Kier molecular flexibility index (Phi) is 3.76. The van der Waals surface area contributed by atoms with Crippen LogP contribution in [0.4, 0.5) is 0 Å². The lowest BCUT2D eigenvalue weighted by Gasteiger charge is -2.29. The van der Waals surface area contributed by atoms with E-state index >= 15 is 0 Å². The summed E-state index contributed by atoms with van der Waals surface area (Å²) in [5.74, 6) is 0.677. The zero-order chi connectivity index (χ0) is 12.5. The predicted molar refractivity (Wildman–Crippen MR) is 69.5 cm³/mol. The molecule has 2 aliphatic rings. The summed E-state index contributed by atoms with van der Waals surface area (Å²) in [7, 11) is 0. The lowest BCUT2D eigenvalue weighted by atomic mass is 10.1. The van der Waals surface area contributed by atoms with Gasteiger partial charge in [0, 0.05) is 18.5 Å². The summed E-state index contributed by atoms with van der Waals surface area (Å²) in [5, 5.41) is 0. The van der Waals surface area contributed by atoms with Gasteiger partial charge in [0.15, 0.2) is 0 Å². The second-order valence-corrected chi connectivity index (χ2v) is 6.36. The van der Waals surface area contributed by atoms with Crippen molar-refractivity contribution in [3.63, 3.8) is 0 Å². The minimum absolute atomic E-state index is 0.247. The SMILES string of the molecule is CC1(C)CC1C(=O)N(CCCN)C1CCCC1. The van der Waals surface area contributed by atoms with Crippen LogP contribution in [0, 0.1) is 11.3 Å². The van der Waals surface area contributed by atoms with Gasteiger partial charge >= 0.3 is 0 Å². The number of hydrogen-bond donors (Lipinski definition) is 1. The summed E-state index contributed by atoms with van der Waals surface area (Å²) in [4.78, 5) is 14.7. The predicted octanol–water partition coefficient (Wildman–Crippen LogP) is 2.15. The molecule has 0 aromatic carbocycles. The highest BCUT2D eigenvalue weighted by molar-refractivity contribution is 5.82. The maximum atomic E-state index is 12.5. The molecule has 3 nitrogen and oxygen atoms in total. The van der Waals surface area contributed by atoms with E-state index in [-0.39, 0.29) is 11.3 Å². The first kappa shape index (κ1) is 12.9. The molecule has 2 aliphatic carbocycles. The number of nitrogens with zero attached hydrogens (tertiary/aromatic N) is 1. The van der Waals surface area contributed by atoms with Crippen LogP contribution in [-0.2, 0) is 4.79 Å². The zero-order valence-electron chi connectivity index (χ0n) is 11.2. The van der Waals surface area contributed by atoms with Gasteiger partial charge in [-0.1, -0.05) is 26.7 Å². The van der Waals surface area contributed by atoms with Gasteiger partial charge in [0.05, 0.1) is 0 Å². The lowest BCUT2D eigenvalue weighted by molar-refractivity contribution is -0.135. The molecule has 0 heterocycles. The Morgan fingerprint density at radius 1 is 1.35 bits per heavy atom. The third-order valence-electron chi connectivity index (χ3n) is 4.46. The molecule has 0 radical (unpaired) electrons. The smallest absolute Gasteiger partial charge is 0.226 e. The Hall–Kier alpha value is -0.570. The van der Waals surface area contributed by atoms with E-state index in [1.807, 2.05) is 0 Å². The van der Waals surface area contributed by atoms with Crippen LogP contribution >= 0.6 is 0 Å². The fourth-order valence-electron chi connectivity index (χ4n) is 3.04. The van der Waals surface area contributed by atoms with Crippen LogP contribution in [0.1, 0.15) is 52.4 Å². The standard InChI is InChI=1S/C14H26N2O/c1-14(2)10-12(14)13(17)16(9-5-8-15)11-6-3-4-7-11/h11-12H,3-10,15H2,1-2H3. The fraction of sp³-hybridized carbons (Fsp3) is 0.929. The molecule has 2 fully saturated rings. The van der Waals surface area contributed by atoms with E-state index < -0.39 is 0 Å². The molecule has 3 heteroatoms. The van der Waals surface area contributed by atoms with Crippen molar-refractivity contribution in [2.45, 2.75) is 58.4 Å². The Balaban J connectivity index is 1.96. The van der Waals surface area contributed by atoms with E-state index in [0.717, 1.165) is 19.4 Å². The van der Waals surface area contributed by atoms with Crippen LogP contribution in [0.25, 0.3) is 0 Å². The van der Waals surface area contributed by atoms with Gasteiger partial charge in [-0.25, -0.2) is 0 Å². The van der Waals surface area contributed by atoms with Crippen molar-refractivity contribution in [3.05, 3.63) is 0 Å². The minimum atomic E-state index is 0.247. The van der Waals surface area contributed by atoms with E-state index in [2.05, 4.69) is 18.7 Å². The monoisotopic (exact) mass is 238 g/mol. The molecule has 0 spiro atoms. The summed E-state index contributed by atoms with van der Waals surface area (Å²) in [6.07, 6.45) is 6.97. The van der Waals surface area contributed by atoms with Crippen molar-refractivity contribution >= 4 is 5.91 Å². The number of amides is 1. The van der Waals surface area contributed by atoms with Gasteiger partial charge in [-0.05, 0) is 37.6 Å². The average molecular weight is 238 g/mol. The summed E-state index contributed by atoms with van der Waals surface area (Å²) in [5.41, 5.74) is 5.83. The van der Waals surface area contributed by atoms with E-state index in [9.17, 15) is 4.79 Å². The molecule has 0 aliphatic heterocycles. The highest BCUT2D eigenvalue weighted by atomic mass is 16.2. The number of carbonyl (C=O) groups is 1. The first-order chi connectivity index (χ1) is 8.06. The van der Waals surface area contributed by atoms with E-state index in [1.54, 1.807) is 0 Å². The number of rotatable bonds is 5. The van der Waals surface area contributed by atoms with Crippen LogP contribution in [-0.4, -0.2) is 29.9 Å². The molecule has 0 aromatic heterocycles. The molecular formula is C14H26N2O. The molecule has 17 heavy (non-hydrogen) atoms. The van der Waals surface area contributed by atoms with Gasteiger partial charge in [-0.3, -0.25) is 4.79 Å². The van der Waals surface area contributed by atoms with Crippen LogP contribution < -0.4 is 5.73 Å². The molecule has 0 bridgehead atoms. The van der Waals surface area contributed by atoms with E-state index in [0.29, 0.717) is 18.5 Å². The Morgan fingerprint density at radius 3 is 2.41 bits per heavy atom. The zero-order valence-corrected chi connectivity index (χ0v) is 11.2. The van der Waals surface area contributed by atoms with Crippen molar-refractivity contribution in [1.82, 2.24) is 4.90 Å². The Morgan fingerprint density at radius 2 is 1.94 bits per heavy atom. The Bertz CT molecular complexity index is 282. The fourth-order valence-corrected chi connectivity index (χ4v) is 3.04. The van der Waals surface area contributed by atoms with E-state index in [1.165, 1.54) is 25.7 Å². The summed E-state index contributed by atoms with van der Waals surface area (Å²) < 4.78 is 0. The second-order valence-electron chi connectivity index (χ2n) is 6.36. The third-order valence-corrected chi connectivity index (χ3v) is 4.46. The highest BCUT2D eigenvalue weighted by Crippen LogP contribution is 2.52. The van der Waals surface area contributed by atoms with Gasteiger partial charge in [0.2, 0.25) is 5.91 Å². The average Bonchev–Trinajstić information content (AvgIpc) is 2.72. The second kappa shape index (κ2) is 4.97. The molecular weight excluding hydrogens is 212 g/mol. The van der Waals surface area contributed by atoms with Gasteiger partial charge in [-0.2, -0.15) is 0 Å². The van der Waals surface area contributed by atoms with Crippen LogP contribution in [0.3, 0.4) is 0 Å². The van der Waals surface area contributed by atoms with Crippen molar-refractivity contribution in [2.24, 2.45) is 17.1 Å². The summed E-state index contributed by atoms with van der Waals surface area (Å²) in [6.45, 7) is 5.95. The first-order valence-electron chi connectivity index (χ1n) is 7.07. The topological polar surface area (TPSA) is 46.3 Å². The van der Waals surface area contributed by atoms with Crippen LogP contribution in [0.2, 0.25) is 0 Å². The molecule has 0 saturated heterocycles. The largest absolute Gasteiger partial charge is 0.339 e. The highest BCUT2D eigenvalue weighted by Gasteiger charge is 2.52. The molecule has 98 valence electrons. The molecule has 1 unspecified atom stereocenters. The van der Waals surface area contributed by atoms with Crippen molar-refractivity contribution in [1.29, 1.82) is 0 Å². The number of hydrogen-bond acceptors (Lipinski definition) is 2. The quantitative estimate of drug-likeness (QED) is 0.797. The number of carbonyl (C=O) groups excluding carboxylic acids is 1. The third kappa shape index (κ3) is 2.82. The molecule has 1 atom stereocenters. The van der Waals surface area contributed by atoms with Crippen LogP contribution in [0.5, 0.6) is 0 Å². The van der Waals surface area contributed by atoms with Gasteiger partial charge in [0.1, 0.15) is 0 Å². The van der Waals surface area contributed by atoms with Crippen molar-refractivity contribution in [3.8, 4) is 0 Å². The first-order valence-corrected chi connectivity index (χ1v) is 7.07. The molecule has 1 amide bonds. The normalized spacial score (nSPS) is 27.1. The minimum Gasteiger partial charge on any atom is -0.339 e. The Labute approximate surface area is 105 Å². The maximum Gasteiger partial charge on any atom is 0.226 e. The van der Waals surface area contributed by atoms with Gasteiger partial charge in [0.25, 0.3) is 0 Å². The van der Waals surface area contributed by atoms with E-state index in [4.69, 9.17) is 5.73 Å². The van der Waals surface area contributed by atoms with Crippen molar-refractivity contribution in [2.75, 3.05) is 13.1 Å². The molecule has 2 N–H and O–H groups in total. The maximum absolute atomic E-state index is 12.5. The molecule has 2 saturated carbocycles. The van der Waals surface area contributed by atoms with Crippen molar-refractivity contribution < 1.29 is 4.79 Å². The molecule has 2 rings (SSSR count). The van der Waals surface area contributed by atoms with Crippen LogP contribution in [0.15, 0.2) is 0 Å². The molecule has 0 aromatic rings. The summed E-state index contributed by atoms with van der Waals surface area (Å²) >= 11 is 0. The van der Waals surface area contributed by atoms with Gasteiger partial charge in [-0.15, -0.1) is 0 Å². The van der Waals surface area contributed by atoms with Gasteiger partial charge < -0.3 is 10.6 Å². The summed E-state index contributed by atoms with van der Waals surface area (Å²) in [6, 6.07) is 0.505. The lowest BCUT2D eigenvalue weighted by Crippen LogP contribution is -2.41. The number of nitrogens with two attached hydrogens (primary N) is 1.